The fourth-order valence-electron chi connectivity index (χ4n) is 12.7. The maximum atomic E-state index is 13.1. The molecule has 0 aromatic carbocycles. The lowest BCUT2D eigenvalue weighted by atomic mass is 9.99. The van der Waals surface area contributed by atoms with E-state index in [1.807, 2.05) is 0 Å². The average Bonchev–Trinajstić information content (AvgIpc) is 0.944. The van der Waals surface area contributed by atoms with Crippen LogP contribution in [-0.2, 0) is 65.4 Å². The van der Waals surface area contributed by atoms with Crippen LogP contribution in [0.3, 0.4) is 0 Å². The zero-order valence-electron chi connectivity index (χ0n) is 67.2. The van der Waals surface area contributed by atoms with Crippen molar-refractivity contribution in [3.8, 4) is 0 Å². The quantitative estimate of drug-likeness (QED) is 0.0222. The summed E-state index contributed by atoms with van der Waals surface area (Å²) in [6.07, 6.45) is 59.9. The summed E-state index contributed by atoms with van der Waals surface area (Å²) in [7, 11) is -9.92. The first kappa shape index (κ1) is 100. The van der Waals surface area contributed by atoms with Gasteiger partial charge in [-0.25, -0.2) is 9.13 Å². The first-order valence-electron chi connectivity index (χ1n) is 42.8. The van der Waals surface area contributed by atoms with Crippen LogP contribution in [0.15, 0.2) is 0 Å². The Morgan fingerprint density at radius 1 is 0.275 bits per heavy atom. The molecule has 0 saturated carbocycles. The second-order valence-corrected chi connectivity index (χ2v) is 34.2. The van der Waals surface area contributed by atoms with E-state index in [1.165, 1.54) is 231 Å². The molecule has 17 nitrogen and oxygen atoms in total. The first-order chi connectivity index (χ1) is 49.2. The Labute approximate surface area is 626 Å². The fourth-order valence-corrected chi connectivity index (χ4v) is 14.3. The Morgan fingerprint density at radius 3 is 0.696 bits per heavy atom. The van der Waals surface area contributed by atoms with Crippen molar-refractivity contribution in [2.75, 3.05) is 39.6 Å². The van der Waals surface area contributed by atoms with Crippen molar-refractivity contribution in [1.29, 1.82) is 0 Å². The van der Waals surface area contributed by atoms with Crippen molar-refractivity contribution in [3.63, 3.8) is 0 Å². The molecule has 0 bridgehead atoms. The van der Waals surface area contributed by atoms with Crippen LogP contribution in [0, 0.1) is 23.7 Å². The molecule has 0 aromatic heterocycles. The molecular weight excluding hydrogens is 1330 g/mol. The van der Waals surface area contributed by atoms with E-state index in [1.54, 1.807) is 0 Å². The van der Waals surface area contributed by atoms with Crippen LogP contribution in [-0.4, -0.2) is 96.7 Å². The molecule has 0 spiro atoms. The zero-order valence-corrected chi connectivity index (χ0v) is 69.0. The van der Waals surface area contributed by atoms with Crippen molar-refractivity contribution in [2.45, 2.75) is 446 Å². The SMILES string of the molecule is CCC(C)CCCCCCCCCCCCCCCCCCCCC(=O)O[C@H](COC(=O)CCCCCCCCCCCCCCCCCCC(C)C)COP(=O)(O)OCC(O)COP(=O)(O)OC[C@@H](COC(=O)CCCCCCCCCCC(C)C)OC(=O)CCCCCCCCC(C)CC. The maximum Gasteiger partial charge on any atom is 0.472 e. The van der Waals surface area contributed by atoms with Crippen molar-refractivity contribution < 1.29 is 80.2 Å². The molecule has 102 heavy (non-hydrogen) atoms. The number of esters is 4. The van der Waals surface area contributed by atoms with Crippen molar-refractivity contribution in [2.24, 2.45) is 23.7 Å². The van der Waals surface area contributed by atoms with Crippen LogP contribution < -0.4 is 0 Å². The van der Waals surface area contributed by atoms with E-state index >= 15 is 0 Å². The van der Waals surface area contributed by atoms with Gasteiger partial charge in [0.2, 0.25) is 0 Å². The van der Waals surface area contributed by atoms with E-state index in [9.17, 15) is 43.2 Å². The van der Waals surface area contributed by atoms with Gasteiger partial charge in [-0.05, 0) is 49.4 Å². The van der Waals surface area contributed by atoms with Gasteiger partial charge in [-0.2, -0.15) is 0 Å². The second kappa shape index (κ2) is 72.0. The summed E-state index contributed by atoms with van der Waals surface area (Å²) in [6, 6.07) is 0. The molecule has 19 heteroatoms. The first-order valence-corrected chi connectivity index (χ1v) is 45.8. The molecule has 5 unspecified atom stereocenters. The molecule has 7 atom stereocenters. The van der Waals surface area contributed by atoms with E-state index in [0.717, 1.165) is 114 Å². The molecule has 0 saturated heterocycles. The van der Waals surface area contributed by atoms with Crippen LogP contribution in [0.2, 0.25) is 0 Å². The van der Waals surface area contributed by atoms with Gasteiger partial charge in [-0.15, -0.1) is 0 Å². The highest BCUT2D eigenvalue weighted by Crippen LogP contribution is 2.45. The van der Waals surface area contributed by atoms with E-state index in [2.05, 4.69) is 55.4 Å². The number of unbranched alkanes of at least 4 members (excludes halogenated alkanes) is 44. The number of carbonyl (C=O) groups excluding carboxylic acids is 4. The number of carbonyl (C=O) groups is 4. The van der Waals surface area contributed by atoms with Gasteiger partial charge in [-0.1, -0.05) is 376 Å². The molecule has 0 aromatic rings. The average molecular weight is 1490 g/mol. The van der Waals surface area contributed by atoms with E-state index in [0.29, 0.717) is 25.7 Å². The predicted molar refractivity (Wildman–Crippen MR) is 418 cm³/mol. The monoisotopic (exact) mass is 1490 g/mol. The highest BCUT2D eigenvalue weighted by molar-refractivity contribution is 7.47. The summed E-state index contributed by atoms with van der Waals surface area (Å²) in [6.45, 7) is 14.3. The number of aliphatic hydroxyl groups excluding tert-OH is 1. The molecule has 0 aliphatic heterocycles. The third kappa shape index (κ3) is 73.6. The Kier molecular flexibility index (Phi) is 70.6. The van der Waals surface area contributed by atoms with Gasteiger partial charge >= 0.3 is 39.5 Å². The molecule has 0 amide bonds. The number of hydrogen-bond donors (Lipinski definition) is 3. The summed E-state index contributed by atoms with van der Waals surface area (Å²) in [5.41, 5.74) is 0. The zero-order chi connectivity index (χ0) is 75.3. The van der Waals surface area contributed by atoms with Crippen LogP contribution in [0.25, 0.3) is 0 Å². The number of hydrogen-bond acceptors (Lipinski definition) is 15. The van der Waals surface area contributed by atoms with E-state index in [4.69, 9.17) is 37.0 Å². The number of phosphoric ester groups is 2. The number of ether oxygens (including phenoxy) is 4. The van der Waals surface area contributed by atoms with Gasteiger partial charge in [0, 0.05) is 25.7 Å². The lowest BCUT2D eigenvalue weighted by Gasteiger charge is -2.21. The molecule has 606 valence electrons. The predicted octanol–water partition coefficient (Wildman–Crippen LogP) is 24.8. The Morgan fingerprint density at radius 2 is 0.471 bits per heavy atom. The molecule has 0 radical (unpaired) electrons. The van der Waals surface area contributed by atoms with Crippen molar-refractivity contribution in [3.05, 3.63) is 0 Å². The van der Waals surface area contributed by atoms with Gasteiger partial charge < -0.3 is 33.8 Å². The second-order valence-electron chi connectivity index (χ2n) is 31.3. The van der Waals surface area contributed by atoms with Crippen LogP contribution in [0.5, 0.6) is 0 Å². The van der Waals surface area contributed by atoms with Crippen LogP contribution >= 0.6 is 15.6 Å². The third-order valence-electron chi connectivity index (χ3n) is 20.0. The summed E-state index contributed by atoms with van der Waals surface area (Å²) < 4.78 is 68.7. The number of phosphoric acid groups is 2. The minimum Gasteiger partial charge on any atom is -0.462 e. The fraction of sp³-hybridized carbons (Fsp3) is 0.952. The smallest absolute Gasteiger partial charge is 0.462 e. The van der Waals surface area contributed by atoms with Gasteiger partial charge in [0.15, 0.2) is 12.2 Å². The van der Waals surface area contributed by atoms with Gasteiger partial charge in [0.25, 0.3) is 0 Å². The Bertz CT molecular complexity index is 1990. The topological polar surface area (TPSA) is 237 Å². The Balaban J connectivity index is 5.20. The summed E-state index contributed by atoms with van der Waals surface area (Å²) in [5, 5.41) is 10.6. The minimum absolute atomic E-state index is 0.102. The molecular formula is C83H162O17P2. The summed E-state index contributed by atoms with van der Waals surface area (Å²) in [4.78, 5) is 73.0. The Hall–Kier alpha value is -1.94. The number of rotatable bonds is 80. The molecule has 0 aliphatic rings. The van der Waals surface area contributed by atoms with Crippen molar-refractivity contribution in [1.82, 2.24) is 0 Å². The van der Waals surface area contributed by atoms with Crippen molar-refractivity contribution >= 4 is 39.5 Å². The van der Waals surface area contributed by atoms with E-state index < -0.39 is 97.5 Å². The molecule has 3 N–H and O–H groups in total. The maximum absolute atomic E-state index is 13.1. The summed E-state index contributed by atoms with van der Waals surface area (Å²) >= 11 is 0. The largest absolute Gasteiger partial charge is 0.472 e. The van der Waals surface area contributed by atoms with E-state index in [-0.39, 0.29) is 25.7 Å². The van der Waals surface area contributed by atoms with Crippen LogP contribution in [0.1, 0.15) is 428 Å². The lowest BCUT2D eigenvalue weighted by molar-refractivity contribution is -0.161. The lowest BCUT2D eigenvalue weighted by Crippen LogP contribution is -2.30. The molecule has 0 aliphatic carbocycles. The highest BCUT2D eigenvalue weighted by atomic mass is 31.2. The summed E-state index contributed by atoms with van der Waals surface area (Å²) in [5.74, 6) is 1.01. The minimum atomic E-state index is -4.96. The highest BCUT2D eigenvalue weighted by Gasteiger charge is 2.30. The van der Waals surface area contributed by atoms with Gasteiger partial charge in [0.1, 0.15) is 19.3 Å². The normalized spacial score (nSPS) is 14.5. The standard InChI is InChI=1S/C83H162O17P2/c1-9-75(7)61-53-45-37-30-26-22-18-13-11-12-14-20-24-28-32-40-49-57-65-82(87)99-78(69-93-80(85)63-55-47-38-31-27-23-19-16-15-17-21-25-29-35-43-51-59-73(3)4)71-97-101(89,90)95-67-77(84)68-96-102(91,92)98-72-79(100-83(88)66-58-50-42-41-46-54-62-76(8)10-2)70-94-81(86)64-56-48-39-34-33-36-44-52-60-74(5)6/h73-79,84H,9-72H2,1-8H3,(H,89,90)(H,91,92)/t75?,76?,77?,78-,79-/m1/s1. The molecule has 0 heterocycles. The molecule has 0 rings (SSSR count). The van der Waals surface area contributed by atoms with Gasteiger partial charge in [0.05, 0.1) is 26.4 Å². The van der Waals surface area contributed by atoms with Crippen LogP contribution in [0.4, 0.5) is 0 Å². The number of aliphatic hydroxyl groups is 1. The van der Waals surface area contributed by atoms with Gasteiger partial charge in [-0.3, -0.25) is 37.3 Å². The third-order valence-corrected chi connectivity index (χ3v) is 21.9. The molecule has 0 fully saturated rings.